The van der Waals surface area contributed by atoms with Crippen LogP contribution >= 0.6 is 11.8 Å². The molecule has 2 aromatic carbocycles. The zero-order chi connectivity index (χ0) is 22.1. The van der Waals surface area contributed by atoms with Crippen molar-refractivity contribution in [2.24, 2.45) is 0 Å². The lowest BCUT2D eigenvalue weighted by atomic mass is 10.2. The Morgan fingerprint density at radius 2 is 2.00 bits per heavy atom. The number of thioether (sulfide) groups is 1. The Bertz CT molecular complexity index is 1090. The minimum Gasteiger partial charge on any atom is -0.352 e. The molecular formula is C23H23N5O2S. The molecule has 0 unspecified atom stereocenters. The van der Waals surface area contributed by atoms with Crippen molar-refractivity contribution in [3.05, 3.63) is 72.1 Å². The van der Waals surface area contributed by atoms with Crippen LogP contribution in [0.5, 0.6) is 0 Å². The maximum atomic E-state index is 12.3. The Kier molecular flexibility index (Phi) is 7.85. The van der Waals surface area contributed by atoms with Crippen LogP contribution in [0.3, 0.4) is 0 Å². The highest BCUT2D eigenvalue weighted by atomic mass is 32.2. The number of nitrogens with zero attached hydrogens (tertiary/aromatic N) is 3. The number of nitrogens with one attached hydrogen (secondary N) is 2. The molecule has 0 radical (unpaired) electrons. The number of nitriles is 1. The van der Waals surface area contributed by atoms with Gasteiger partial charge in [0.1, 0.15) is 0 Å². The molecule has 1 heterocycles. The van der Waals surface area contributed by atoms with Gasteiger partial charge in [0.25, 0.3) is 5.91 Å². The van der Waals surface area contributed by atoms with Crippen LogP contribution in [0.2, 0.25) is 0 Å². The van der Waals surface area contributed by atoms with Crippen LogP contribution in [0.4, 0.5) is 5.69 Å². The summed E-state index contributed by atoms with van der Waals surface area (Å²) in [6.07, 6.45) is 5.47. The Balaban J connectivity index is 1.59. The number of hydrogen-bond donors (Lipinski definition) is 2. The average molecular weight is 434 g/mol. The minimum atomic E-state index is -0.186. The fourth-order valence-electron chi connectivity index (χ4n) is 2.84. The largest absolute Gasteiger partial charge is 0.352 e. The highest BCUT2D eigenvalue weighted by Gasteiger charge is 2.11. The quantitative estimate of drug-likeness (QED) is 0.392. The number of benzene rings is 2. The average Bonchev–Trinajstić information content (AvgIpc) is 3.26. The number of anilines is 1. The summed E-state index contributed by atoms with van der Waals surface area (Å²) in [5.74, 6) is -0.0998. The fourth-order valence-corrected chi connectivity index (χ4v) is 3.61. The molecule has 3 rings (SSSR count). The third kappa shape index (κ3) is 6.20. The van der Waals surface area contributed by atoms with Gasteiger partial charge in [0.2, 0.25) is 5.91 Å². The third-order valence-electron chi connectivity index (χ3n) is 4.44. The summed E-state index contributed by atoms with van der Waals surface area (Å²) in [4.78, 5) is 28.8. The van der Waals surface area contributed by atoms with Gasteiger partial charge in [0.05, 0.1) is 17.4 Å². The van der Waals surface area contributed by atoms with Gasteiger partial charge in [-0.3, -0.25) is 14.2 Å². The molecule has 0 aliphatic carbocycles. The number of rotatable bonds is 9. The maximum absolute atomic E-state index is 12.3. The second kappa shape index (κ2) is 11.0. The summed E-state index contributed by atoms with van der Waals surface area (Å²) >= 11 is 1.31. The standard InChI is InChI=1S/C23H23N5O2S/c1-2-3-11-25-22(30)18-7-9-20(10-8-18)28-13-12-26-23(28)31-16-21(29)27-19-6-4-5-17(14-19)15-24/h4-10,12-14H,2-3,11,16H2,1H3,(H,25,30)(H,27,29). The molecule has 0 spiro atoms. The van der Waals surface area contributed by atoms with Crippen LogP contribution in [0.1, 0.15) is 35.7 Å². The van der Waals surface area contributed by atoms with E-state index in [-0.39, 0.29) is 17.6 Å². The normalized spacial score (nSPS) is 10.3. The lowest BCUT2D eigenvalue weighted by Crippen LogP contribution is -2.24. The Labute approximate surface area is 185 Å². The van der Waals surface area contributed by atoms with Crippen LogP contribution < -0.4 is 10.6 Å². The molecule has 0 aliphatic rings. The second-order valence-corrected chi connectivity index (χ2v) is 7.71. The Hall–Kier alpha value is -3.57. The first kappa shape index (κ1) is 22.1. The molecule has 158 valence electrons. The number of unbranched alkanes of at least 4 members (excludes halogenated alkanes) is 1. The molecule has 2 N–H and O–H groups in total. The van der Waals surface area contributed by atoms with Gasteiger partial charge < -0.3 is 10.6 Å². The van der Waals surface area contributed by atoms with Gasteiger partial charge in [0, 0.05) is 35.9 Å². The number of aromatic nitrogens is 2. The predicted octanol–water partition coefficient (Wildman–Crippen LogP) is 4.00. The first-order valence-corrected chi connectivity index (χ1v) is 10.9. The summed E-state index contributed by atoms with van der Waals surface area (Å²) < 4.78 is 1.87. The van der Waals surface area contributed by atoms with Gasteiger partial charge in [-0.2, -0.15) is 5.26 Å². The van der Waals surface area contributed by atoms with Crippen molar-refractivity contribution in [3.63, 3.8) is 0 Å². The van der Waals surface area contributed by atoms with Crippen LogP contribution in [-0.2, 0) is 4.79 Å². The summed E-state index contributed by atoms with van der Waals surface area (Å²) in [5.41, 5.74) is 2.53. The smallest absolute Gasteiger partial charge is 0.251 e. The van der Waals surface area contributed by atoms with Crippen molar-refractivity contribution < 1.29 is 9.59 Å². The van der Waals surface area contributed by atoms with Gasteiger partial charge in [0.15, 0.2) is 5.16 Å². The van der Waals surface area contributed by atoms with E-state index in [0.29, 0.717) is 28.5 Å². The Morgan fingerprint density at radius 3 is 2.74 bits per heavy atom. The topological polar surface area (TPSA) is 99.8 Å². The number of imidazole rings is 1. The molecule has 1 aromatic heterocycles. The van der Waals surface area contributed by atoms with Crippen LogP contribution in [-0.4, -0.2) is 33.7 Å². The van der Waals surface area contributed by atoms with E-state index >= 15 is 0 Å². The van der Waals surface area contributed by atoms with Crippen molar-refractivity contribution in [2.45, 2.75) is 24.9 Å². The summed E-state index contributed by atoms with van der Waals surface area (Å²) in [6.45, 7) is 2.75. The van der Waals surface area contributed by atoms with Gasteiger partial charge >= 0.3 is 0 Å². The van der Waals surface area contributed by atoms with Crippen molar-refractivity contribution in [1.82, 2.24) is 14.9 Å². The lowest BCUT2D eigenvalue weighted by Gasteiger charge is -2.09. The number of hydrogen-bond acceptors (Lipinski definition) is 5. The molecule has 0 atom stereocenters. The predicted molar refractivity (Wildman–Crippen MR) is 121 cm³/mol. The van der Waals surface area contributed by atoms with E-state index in [1.54, 1.807) is 42.6 Å². The molecule has 0 aliphatic heterocycles. The highest BCUT2D eigenvalue weighted by Crippen LogP contribution is 2.21. The zero-order valence-electron chi connectivity index (χ0n) is 17.2. The number of carbonyl (C=O) groups is 2. The molecule has 2 amide bonds. The highest BCUT2D eigenvalue weighted by molar-refractivity contribution is 7.99. The van der Waals surface area contributed by atoms with E-state index in [9.17, 15) is 9.59 Å². The molecule has 0 saturated heterocycles. The van der Waals surface area contributed by atoms with Crippen LogP contribution in [0.15, 0.2) is 66.1 Å². The lowest BCUT2D eigenvalue weighted by molar-refractivity contribution is -0.113. The fraction of sp³-hybridized carbons (Fsp3) is 0.217. The van der Waals surface area contributed by atoms with E-state index in [1.165, 1.54) is 11.8 Å². The van der Waals surface area contributed by atoms with Gasteiger partial charge in [-0.25, -0.2) is 4.98 Å². The summed E-state index contributed by atoms with van der Waals surface area (Å²) in [5, 5.41) is 15.3. The van der Waals surface area contributed by atoms with Crippen LogP contribution in [0, 0.1) is 11.3 Å². The van der Waals surface area contributed by atoms with E-state index in [4.69, 9.17) is 5.26 Å². The van der Waals surface area contributed by atoms with Crippen molar-refractivity contribution in [3.8, 4) is 11.8 Å². The van der Waals surface area contributed by atoms with Crippen LogP contribution in [0.25, 0.3) is 5.69 Å². The van der Waals surface area contributed by atoms with Gasteiger partial charge in [-0.15, -0.1) is 0 Å². The van der Waals surface area contributed by atoms with Crippen molar-refractivity contribution in [2.75, 3.05) is 17.6 Å². The second-order valence-electron chi connectivity index (χ2n) is 6.77. The maximum Gasteiger partial charge on any atom is 0.251 e. The molecule has 8 heteroatoms. The van der Waals surface area contributed by atoms with Gasteiger partial charge in [-0.05, 0) is 48.9 Å². The van der Waals surface area contributed by atoms with Crippen molar-refractivity contribution >= 4 is 29.3 Å². The summed E-state index contributed by atoms with van der Waals surface area (Å²) in [6, 6.07) is 16.1. The molecular weight excluding hydrogens is 410 g/mol. The monoisotopic (exact) mass is 433 g/mol. The molecule has 7 nitrogen and oxygen atoms in total. The SMILES string of the molecule is CCCCNC(=O)c1ccc(-n2ccnc2SCC(=O)Nc2cccc(C#N)c2)cc1. The molecule has 0 fully saturated rings. The Morgan fingerprint density at radius 1 is 1.19 bits per heavy atom. The summed E-state index contributed by atoms with van der Waals surface area (Å²) in [7, 11) is 0. The zero-order valence-corrected chi connectivity index (χ0v) is 18.0. The number of amides is 2. The van der Waals surface area contributed by atoms with Gasteiger partial charge in [-0.1, -0.05) is 31.2 Å². The van der Waals surface area contributed by atoms with E-state index < -0.39 is 0 Å². The minimum absolute atomic E-state index is 0.0858. The molecule has 3 aromatic rings. The van der Waals surface area contributed by atoms with E-state index in [2.05, 4.69) is 22.5 Å². The first-order chi connectivity index (χ1) is 15.1. The number of carbonyl (C=O) groups excluding carboxylic acids is 2. The molecule has 0 bridgehead atoms. The van der Waals surface area contributed by atoms with Crippen molar-refractivity contribution in [1.29, 1.82) is 5.26 Å². The molecule has 31 heavy (non-hydrogen) atoms. The first-order valence-electron chi connectivity index (χ1n) is 9.95. The molecule has 0 saturated carbocycles. The third-order valence-corrected chi connectivity index (χ3v) is 5.40. The van der Waals surface area contributed by atoms with E-state index in [0.717, 1.165) is 18.5 Å². The van der Waals surface area contributed by atoms with E-state index in [1.807, 2.05) is 29.0 Å².